The van der Waals surface area contributed by atoms with Crippen molar-refractivity contribution in [2.24, 2.45) is 0 Å². The highest BCUT2D eigenvalue weighted by atomic mass is 32.2. The number of thiazole rings is 1. The number of carbonyl (C=O) groups is 1. The molecule has 0 N–H and O–H groups in total. The predicted octanol–water partition coefficient (Wildman–Crippen LogP) is 4.76. The first-order valence-electron chi connectivity index (χ1n) is 10.1. The normalized spacial score (nSPS) is 11.6. The van der Waals surface area contributed by atoms with Crippen LogP contribution in [-0.4, -0.2) is 30.0 Å². The van der Waals surface area contributed by atoms with Gasteiger partial charge in [-0.15, -0.1) is 0 Å². The maximum atomic E-state index is 14.2. The largest absolute Gasteiger partial charge is 0.284 e. The van der Waals surface area contributed by atoms with E-state index < -0.39 is 21.5 Å². The van der Waals surface area contributed by atoms with Gasteiger partial charge in [0.1, 0.15) is 11.3 Å². The number of rotatable bonds is 8. The van der Waals surface area contributed by atoms with Crippen LogP contribution in [0, 0.1) is 11.6 Å². The Balaban J connectivity index is 1.56. The minimum atomic E-state index is -3.52. The fourth-order valence-electron chi connectivity index (χ4n) is 3.29. The second-order valence-electron chi connectivity index (χ2n) is 7.31. The fourth-order valence-corrected chi connectivity index (χ4v) is 5.65. The second-order valence-corrected chi connectivity index (χ2v) is 10.4. The Kier molecular flexibility index (Phi) is 6.75. The van der Waals surface area contributed by atoms with Crippen LogP contribution in [-0.2, 0) is 21.2 Å². The number of sulfone groups is 1. The molecule has 0 saturated heterocycles. The molecule has 0 saturated carbocycles. The van der Waals surface area contributed by atoms with Gasteiger partial charge in [0.2, 0.25) is 5.91 Å². The molecule has 2 aromatic carbocycles. The molecule has 0 aliphatic carbocycles. The summed E-state index contributed by atoms with van der Waals surface area (Å²) in [6.45, 7) is 0.113. The molecule has 0 radical (unpaired) electrons. The van der Waals surface area contributed by atoms with Crippen molar-refractivity contribution in [3.05, 3.63) is 84.2 Å². The van der Waals surface area contributed by atoms with Crippen molar-refractivity contribution in [2.75, 3.05) is 10.7 Å². The Hall–Kier alpha value is -3.24. The highest BCUT2D eigenvalue weighted by Crippen LogP contribution is 2.32. The molecule has 170 valence electrons. The summed E-state index contributed by atoms with van der Waals surface area (Å²) < 4.78 is 53.1. The van der Waals surface area contributed by atoms with E-state index in [4.69, 9.17) is 0 Å². The van der Waals surface area contributed by atoms with Crippen molar-refractivity contribution in [1.82, 2.24) is 9.97 Å². The summed E-state index contributed by atoms with van der Waals surface area (Å²) in [7, 11) is -3.52. The molecule has 0 atom stereocenters. The average Bonchev–Trinajstić information content (AvgIpc) is 3.22. The smallest absolute Gasteiger partial charge is 0.229 e. The molecule has 10 heteroatoms. The zero-order valence-corrected chi connectivity index (χ0v) is 19.0. The van der Waals surface area contributed by atoms with Gasteiger partial charge in [-0.25, -0.2) is 22.2 Å². The van der Waals surface area contributed by atoms with Crippen LogP contribution in [0.2, 0.25) is 0 Å². The van der Waals surface area contributed by atoms with E-state index in [9.17, 15) is 22.0 Å². The molecular weight excluding hydrogens is 468 g/mol. The Labute approximate surface area is 193 Å². The van der Waals surface area contributed by atoms with E-state index in [-0.39, 0.29) is 51.3 Å². The van der Waals surface area contributed by atoms with Crippen LogP contribution >= 0.6 is 11.3 Å². The van der Waals surface area contributed by atoms with Crippen LogP contribution in [0.5, 0.6) is 0 Å². The van der Waals surface area contributed by atoms with Crippen LogP contribution < -0.4 is 4.90 Å². The third-order valence-corrected chi connectivity index (χ3v) is 7.75. The Morgan fingerprint density at radius 2 is 1.85 bits per heavy atom. The maximum absolute atomic E-state index is 14.2. The summed E-state index contributed by atoms with van der Waals surface area (Å²) >= 11 is 0.992. The van der Waals surface area contributed by atoms with E-state index in [0.717, 1.165) is 17.4 Å². The van der Waals surface area contributed by atoms with Crippen LogP contribution in [0.15, 0.2) is 71.9 Å². The summed E-state index contributed by atoms with van der Waals surface area (Å²) in [5.74, 6) is -2.10. The quantitative estimate of drug-likeness (QED) is 0.358. The van der Waals surface area contributed by atoms with E-state index in [0.29, 0.717) is 5.56 Å². The molecule has 2 aromatic heterocycles. The standard InChI is InChI=1S/C23H19F2N3O3S2/c24-17-12-19(25)22-20(13-17)32-23(27-22)28(15-16-6-4-10-26-14-16)21(29)9-5-11-33(30,31)18-7-2-1-3-8-18/h1-4,6-8,10,12-14H,5,9,11,15H2. The van der Waals surface area contributed by atoms with Crippen molar-refractivity contribution in [3.63, 3.8) is 0 Å². The van der Waals surface area contributed by atoms with Crippen molar-refractivity contribution in [3.8, 4) is 0 Å². The molecule has 33 heavy (non-hydrogen) atoms. The van der Waals surface area contributed by atoms with Gasteiger partial charge in [-0.2, -0.15) is 0 Å². The third kappa shape index (κ3) is 5.40. The highest BCUT2D eigenvalue weighted by molar-refractivity contribution is 7.91. The number of fused-ring (bicyclic) bond motifs is 1. The Morgan fingerprint density at radius 1 is 1.06 bits per heavy atom. The SMILES string of the molecule is O=C(CCCS(=O)(=O)c1ccccc1)N(Cc1cccnc1)c1nc2c(F)cc(F)cc2s1. The van der Waals surface area contributed by atoms with E-state index in [2.05, 4.69) is 9.97 Å². The van der Waals surface area contributed by atoms with E-state index in [1.807, 2.05) is 0 Å². The maximum Gasteiger partial charge on any atom is 0.229 e. The van der Waals surface area contributed by atoms with Gasteiger partial charge in [0.05, 0.1) is 21.9 Å². The van der Waals surface area contributed by atoms with Crippen molar-refractivity contribution in [1.29, 1.82) is 0 Å². The molecular formula is C23H19F2N3O3S2. The first-order chi connectivity index (χ1) is 15.8. The second kappa shape index (κ2) is 9.72. The Bertz CT molecular complexity index is 1380. The Morgan fingerprint density at radius 3 is 2.58 bits per heavy atom. The zero-order valence-electron chi connectivity index (χ0n) is 17.3. The van der Waals surface area contributed by atoms with Crippen molar-refractivity contribution in [2.45, 2.75) is 24.3 Å². The molecule has 2 heterocycles. The number of carbonyl (C=O) groups excluding carboxylic acids is 1. The molecule has 4 aromatic rings. The molecule has 6 nitrogen and oxygen atoms in total. The number of hydrogen-bond donors (Lipinski definition) is 0. The van der Waals surface area contributed by atoms with Crippen molar-refractivity contribution >= 4 is 42.4 Å². The lowest BCUT2D eigenvalue weighted by Crippen LogP contribution is -2.30. The number of anilines is 1. The number of halogens is 2. The van der Waals surface area contributed by atoms with Gasteiger partial charge in [-0.3, -0.25) is 14.7 Å². The predicted molar refractivity (Wildman–Crippen MR) is 123 cm³/mol. The number of pyridine rings is 1. The van der Waals surface area contributed by atoms with Crippen LogP contribution in [0.4, 0.5) is 13.9 Å². The lowest BCUT2D eigenvalue weighted by Gasteiger charge is -2.20. The van der Waals surface area contributed by atoms with Gasteiger partial charge in [0, 0.05) is 24.9 Å². The fraction of sp³-hybridized carbons (Fsp3) is 0.174. The summed E-state index contributed by atoms with van der Waals surface area (Å²) in [5.41, 5.74) is 0.695. The number of benzene rings is 2. The molecule has 0 spiro atoms. The minimum Gasteiger partial charge on any atom is -0.284 e. The molecule has 4 rings (SSSR count). The van der Waals surface area contributed by atoms with E-state index >= 15 is 0 Å². The zero-order chi connectivity index (χ0) is 23.4. The van der Waals surface area contributed by atoms with Gasteiger partial charge in [-0.1, -0.05) is 35.6 Å². The van der Waals surface area contributed by atoms with Crippen LogP contribution in [0.3, 0.4) is 0 Å². The van der Waals surface area contributed by atoms with Crippen LogP contribution in [0.1, 0.15) is 18.4 Å². The average molecular weight is 488 g/mol. The molecule has 0 aliphatic heterocycles. The molecule has 1 amide bonds. The van der Waals surface area contributed by atoms with Gasteiger partial charge in [0.25, 0.3) is 0 Å². The number of amides is 1. The first kappa shape index (κ1) is 22.9. The minimum absolute atomic E-state index is 0.0213. The highest BCUT2D eigenvalue weighted by Gasteiger charge is 2.23. The van der Waals surface area contributed by atoms with E-state index in [1.165, 1.54) is 23.1 Å². The number of nitrogens with zero attached hydrogens (tertiary/aromatic N) is 3. The molecule has 0 bridgehead atoms. The topological polar surface area (TPSA) is 80.2 Å². The third-order valence-electron chi connectivity index (χ3n) is 4.90. The summed E-state index contributed by atoms with van der Waals surface area (Å²) in [4.78, 5) is 22.9. The van der Waals surface area contributed by atoms with Gasteiger partial charge >= 0.3 is 0 Å². The van der Waals surface area contributed by atoms with Crippen molar-refractivity contribution < 1.29 is 22.0 Å². The van der Waals surface area contributed by atoms with E-state index in [1.54, 1.807) is 42.7 Å². The molecule has 0 unspecified atom stereocenters. The monoisotopic (exact) mass is 487 g/mol. The summed E-state index contributed by atoms with van der Waals surface area (Å²) in [5, 5.41) is 0.203. The van der Waals surface area contributed by atoms with Gasteiger partial charge < -0.3 is 0 Å². The summed E-state index contributed by atoms with van der Waals surface area (Å²) in [6.07, 6.45) is 3.24. The van der Waals surface area contributed by atoms with Crippen LogP contribution in [0.25, 0.3) is 10.2 Å². The summed E-state index contributed by atoms with van der Waals surface area (Å²) in [6, 6.07) is 13.4. The molecule has 0 aliphatic rings. The van der Waals surface area contributed by atoms with Gasteiger partial charge in [0.15, 0.2) is 20.8 Å². The molecule has 0 fully saturated rings. The first-order valence-corrected chi connectivity index (χ1v) is 12.5. The lowest BCUT2D eigenvalue weighted by molar-refractivity contribution is -0.118. The van der Waals surface area contributed by atoms with Gasteiger partial charge in [-0.05, 0) is 36.2 Å². The lowest BCUT2D eigenvalue weighted by atomic mass is 10.2. The number of hydrogen-bond acceptors (Lipinski definition) is 6. The number of aromatic nitrogens is 2.